The number of benzene rings is 1. The minimum atomic E-state index is -0.863. The van der Waals surface area contributed by atoms with Gasteiger partial charge >= 0.3 is 0 Å². The van der Waals surface area contributed by atoms with E-state index in [9.17, 15) is 13.6 Å². The second-order valence-corrected chi connectivity index (χ2v) is 6.19. The Bertz CT molecular complexity index is 525. The molecule has 2 rings (SSSR count). The molecule has 3 atom stereocenters. The Balaban J connectivity index is 0.00000242. The van der Waals surface area contributed by atoms with E-state index < -0.39 is 11.6 Å². The number of rotatable bonds is 6. The zero-order valence-corrected chi connectivity index (χ0v) is 13.6. The zero-order chi connectivity index (χ0) is 15.6. The van der Waals surface area contributed by atoms with Crippen LogP contribution >= 0.6 is 12.4 Å². The molecule has 0 heterocycles. The number of hydrogen-bond donors (Lipinski definition) is 2. The number of amides is 1. The highest BCUT2D eigenvalue weighted by molar-refractivity contribution is 5.85. The first-order chi connectivity index (χ1) is 9.92. The number of carbonyl (C=O) groups excluding carboxylic acids is 1. The number of nitrogens with one attached hydrogen (secondary N) is 1. The maximum atomic E-state index is 13.2. The van der Waals surface area contributed by atoms with Gasteiger partial charge in [-0.1, -0.05) is 19.9 Å². The highest BCUT2D eigenvalue weighted by Gasteiger charge is 2.44. The predicted octanol–water partition coefficient (Wildman–Crippen LogP) is 2.98. The molecule has 124 valence electrons. The lowest BCUT2D eigenvalue weighted by atomic mass is 10.0. The van der Waals surface area contributed by atoms with Gasteiger partial charge in [-0.3, -0.25) is 4.79 Å². The van der Waals surface area contributed by atoms with Crippen molar-refractivity contribution in [1.29, 1.82) is 0 Å². The summed E-state index contributed by atoms with van der Waals surface area (Å²) in [5.41, 5.74) is 6.35. The summed E-state index contributed by atoms with van der Waals surface area (Å²) in [6, 6.07) is 3.82. The molecule has 3 N–H and O–H groups in total. The van der Waals surface area contributed by atoms with Crippen LogP contribution in [0, 0.1) is 23.5 Å². The van der Waals surface area contributed by atoms with Gasteiger partial charge in [0, 0.05) is 18.5 Å². The highest BCUT2D eigenvalue weighted by Crippen LogP contribution is 2.47. The van der Waals surface area contributed by atoms with E-state index in [4.69, 9.17) is 5.73 Å². The van der Waals surface area contributed by atoms with Crippen molar-refractivity contribution in [1.82, 2.24) is 5.32 Å². The summed E-state index contributed by atoms with van der Waals surface area (Å²) in [5, 5.41) is 2.95. The van der Waals surface area contributed by atoms with Gasteiger partial charge in [-0.15, -0.1) is 12.4 Å². The van der Waals surface area contributed by atoms with Gasteiger partial charge in [0.2, 0.25) is 5.91 Å². The Hall–Kier alpha value is -1.20. The summed E-state index contributed by atoms with van der Waals surface area (Å²) >= 11 is 0. The van der Waals surface area contributed by atoms with Gasteiger partial charge in [-0.25, -0.2) is 8.78 Å². The first-order valence-electron chi connectivity index (χ1n) is 7.37. The Labute approximate surface area is 136 Å². The minimum absolute atomic E-state index is 0. The van der Waals surface area contributed by atoms with Crippen molar-refractivity contribution >= 4 is 18.3 Å². The standard InChI is InChI=1S/C16H22F2N2O.ClH/c1-9(2)5-11(8-19)20-16(21)13-7-12(13)10-3-4-14(17)15(18)6-10;/h3-4,6,9,11-13H,5,7-8,19H2,1-2H3,(H,20,21);1H. The maximum Gasteiger partial charge on any atom is 0.224 e. The number of carbonyl (C=O) groups is 1. The number of halogens is 3. The smallest absolute Gasteiger partial charge is 0.224 e. The van der Waals surface area contributed by atoms with Gasteiger partial charge in [0.25, 0.3) is 0 Å². The fourth-order valence-electron chi connectivity index (χ4n) is 2.69. The third-order valence-corrected chi connectivity index (χ3v) is 3.89. The number of nitrogens with two attached hydrogens (primary N) is 1. The van der Waals surface area contributed by atoms with Crippen molar-refractivity contribution in [2.24, 2.45) is 17.6 Å². The van der Waals surface area contributed by atoms with Crippen LogP contribution in [0.4, 0.5) is 8.78 Å². The lowest BCUT2D eigenvalue weighted by molar-refractivity contribution is -0.123. The van der Waals surface area contributed by atoms with E-state index in [1.807, 2.05) is 0 Å². The predicted molar refractivity (Wildman–Crippen MR) is 84.9 cm³/mol. The van der Waals surface area contributed by atoms with Crippen LogP contribution in [0.15, 0.2) is 18.2 Å². The second-order valence-electron chi connectivity index (χ2n) is 6.19. The Morgan fingerprint density at radius 1 is 1.36 bits per heavy atom. The lowest BCUT2D eigenvalue weighted by Gasteiger charge is -2.18. The summed E-state index contributed by atoms with van der Waals surface area (Å²) < 4.78 is 26.1. The molecule has 22 heavy (non-hydrogen) atoms. The van der Waals surface area contributed by atoms with Crippen molar-refractivity contribution in [2.45, 2.75) is 38.6 Å². The van der Waals surface area contributed by atoms with Gasteiger partial charge in [-0.2, -0.15) is 0 Å². The molecule has 1 saturated carbocycles. The van der Waals surface area contributed by atoms with Crippen molar-refractivity contribution < 1.29 is 13.6 Å². The average Bonchev–Trinajstić information content (AvgIpc) is 3.21. The van der Waals surface area contributed by atoms with Crippen LogP contribution < -0.4 is 11.1 Å². The minimum Gasteiger partial charge on any atom is -0.352 e. The van der Waals surface area contributed by atoms with Crippen LogP contribution in [0.1, 0.15) is 38.2 Å². The molecular formula is C16H23ClF2N2O. The summed E-state index contributed by atoms with van der Waals surface area (Å²) in [5.74, 6) is -1.48. The molecule has 1 aromatic rings. The molecule has 0 bridgehead atoms. The quantitative estimate of drug-likeness (QED) is 0.841. The third-order valence-electron chi connectivity index (χ3n) is 3.89. The molecule has 1 fully saturated rings. The normalized spacial score (nSPS) is 21.2. The maximum absolute atomic E-state index is 13.2. The van der Waals surface area contributed by atoms with Crippen LogP contribution in [0.25, 0.3) is 0 Å². The molecule has 1 amide bonds. The Kier molecular flexibility index (Phi) is 6.75. The molecular weight excluding hydrogens is 310 g/mol. The van der Waals surface area contributed by atoms with Crippen molar-refractivity contribution in [3.05, 3.63) is 35.4 Å². The molecule has 6 heteroatoms. The fourth-order valence-corrected chi connectivity index (χ4v) is 2.69. The third kappa shape index (κ3) is 4.65. The first-order valence-corrected chi connectivity index (χ1v) is 7.37. The molecule has 0 saturated heterocycles. The summed E-state index contributed by atoms with van der Waals surface area (Å²) in [6.07, 6.45) is 1.51. The molecule has 0 aliphatic heterocycles. The zero-order valence-electron chi connectivity index (χ0n) is 12.8. The van der Waals surface area contributed by atoms with E-state index in [0.717, 1.165) is 12.5 Å². The van der Waals surface area contributed by atoms with E-state index in [1.165, 1.54) is 6.07 Å². The van der Waals surface area contributed by atoms with Crippen LogP contribution in [-0.4, -0.2) is 18.5 Å². The molecule has 1 aromatic carbocycles. The van der Waals surface area contributed by atoms with E-state index >= 15 is 0 Å². The van der Waals surface area contributed by atoms with Crippen LogP contribution in [0.5, 0.6) is 0 Å². The molecule has 0 spiro atoms. The van der Waals surface area contributed by atoms with Gasteiger partial charge in [0.15, 0.2) is 11.6 Å². The van der Waals surface area contributed by atoms with Gasteiger partial charge in [0.05, 0.1) is 0 Å². The topological polar surface area (TPSA) is 55.1 Å². The van der Waals surface area contributed by atoms with Crippen LogP contribution in [0.2, 0.25) is 0 Å². The van der Waals surface area contributed by atoms with Crippen molar-refractivity contribution in [3.8, 4) is 0 Å². The molecule has 1 aliphatic rings. The number of hydrogen-bond acceptors (Lipinski definition) is 2. The van der Waals surface area contributed by atoms with E-state index in [0.29, 0.717) is 24.4 Å². The Morgan fingerprint density at radius 3 is 2.59 bits per heavy atom. The van der Waals surface area contributed by atoms with Crippen molar-refractivity contribution in [3.63, 3.8) is 0 Å². The van der Waals surface area contributed by atoms with Gasteiger partial charge < -0.3 is 11.1 Å². The average molecular weight is 333 g/mol. The van der Waals surface area contributed by atoms with Crippen LogP contribution in [-0.2, 0) is 4.79 Å². The van der Waals surface area contributed by atoms with E-state index in [1.54, 1.807) is 6.07 Å². The first kappa shape index (κ1) is 18.8. The molecule has 1 aliphatic carbocycles. The SMILES string of the molecule is CC(C)CC(CN)NC(=O)C1CC1c1ccc(F)c(F)c1.Cl. The molecule has 0 radical (unpaired) electrons. The van der Waals surface area contributed by atoms with E-state index in [-0.39, 0.29) is 36.2 Å². The van der Waals surface area contributed by atoms with Crippen molar-refractivity contribution in [2.75, 3.05) is 6.54 Å². The molecule has 3 unspecified atom stereocenters. The molecule has 0 aromatic heterocycles. The van der Waals surface area contributed by atoms with Gasteiger partial charge in [-0.05, 0) is 42.4 Å². The summed E-state index contributed by atoms with van der Waals surface area (Å²) in [6.45, 7) is 4.57. The molecule has 3 nitrogen and oxygen atoms in total. The summed E-state index contributed by atoms with van der Waals surface area (Å²) in [4.78, 5) is 12.2. The Morgan fingerprint density at radius 2 is 2.05 bits per heavy atom. The van der Waals surface area contributed by atoms with E-state index in [2.05, 4.69) is 19.2 Å². The second kappa shape index (κ2) is 7.88. The van der Waals surface area contributed by atoms with Gasteiger partial charge in [0.1, 0.15) is 0 Å². The lowest BCUT2D eigenvalue weighted by Crippen LogP contribution is -2.41. The summed E-state index contributed by atoms with van der Waals surface area (Å²) in [7, 11) is 0. The monoisotopic (exact) mass is 332 g/mol. The fraction of sp³-hybridized carbons (Fsp3) is 0.562. The van der Waals surface area contributed by atoms with Crippen LogP contribution in [0.3, 0.4) is 0 Å². The largest absolute Gasteiger partial charge is 0.352 e. The highest BCUT2D eigenvalue weighted by atomic mass is 35.5.